The van der Waals surface area contributed by atoms with Crippen LogP contribution in [0.15, 0.2) is 65.8 Å². The number of carbonyl (C=O) groups excluding carboxylic acids is 1. The van der Waals surface area contributed by atoms with Gasteiger partial charge in [-0.15, -0.1) is 0 Å². The van der Waals surface area contributed by atoms with Crippen LogP contribution < -0.4 is 0 Å². The van der Waals surface area contributed by atoms with Crippen molar-refractivity contribution in [3.05, 3.63) is 82.2 Å². The van der Waals surface area contributed by atoms with Gasteiger partial charge in [-0.05, 0) is 17.5 Å². The van der Waals surface area contributed by atoms with Gasteiger partial charge < -0.3 is 5.11 Å². The summed E-state index contributed by atoms with van der Waals surface area (Å²) in [7, 11) is 0. The Bertz CT molecular complexity index is 652. The van der Waals surface area contributed by atoms with Gasteiger partial charge >= 0.3 is 0 Å². The van der Waals surface area contributed by atoms with Crippen molar-refractivity contribution in [3.8, 4) is 0 Å². The molecular weight excluding hydrogens is 278 g/mol. The van der Waals surface area contributed by atoms with Crippen LogP contribution in [0.5, 0.6) is 0 Å². The lowest BCUT2D eigenvalue weighted by Crippen LogP contribution is -2.18. The molecule has 2 aromatic carbocycles. The summed E-state index contributed by atoms with van der Waals surface area (Å²) in [4.78, 5) is 14.9. The first-order chi connectivity index (χ1) is 10.7. The van der Waals surface area contributed by atoms with Gasteiger partial charge in [-0.2, -0.15) is 0 Å². The summed E-state index contributed by atoms with van der Waals surface area (Å²) in [5.41, 5.74) is 10.0. The fourth-order valence-corrected chi connectivity index (χ4v) is 2.28. The van der Waals surface area contributed by atoms with Crippen LogP contribution in [0, 0.1) is 0 Å². The zero-order chi connectivity index (χ0) is 15.8. The highest BCUT2D eigenvalue weighted by atomic mass is 16.3. The van der Waals surface area contributed by atoms with Crippen LogP contribution in [0.25, 0.3) is 10.4 Å². The summed E-state index contributed by atoms with van der Waals surface area (Å²) < 4.78 is 0. The summed E-state index contributed by atoms with van der Waals surface area (Å²) in [5, 5.41) is 13.9. The number of azide groups is 1. The summed E-state index contributed by atoms with van der Waals surface area (Å²) in [5.74, 6) is -0.0348. The lowest BCUT2D eigenvalue weighted by atomic mass is 9.96. The first kappa shape index (κ1) is 15.8. The van der Waals surface area contributed by atoms with E-state index in [-0.39, 0.29) is 18.6 Å². The number of rotatable bonds is 7. The molecule has 0 aromatic heterocycles. The third-order valence-corrected chi connectivity index (χ3v) is 3.44. The quantitative estimate of drug-likeness (QED) is 0.361. The number of benzene rings is 2. The Morgan fingerprint density at radius 3 is 2.27 bits per heavy atom. The smallest absolute Gasteiger partial charge is 0.162 e. The minimum absolute atomic E-state index is 0.0348. The van der Waals surface area contributed by atoms with Gasteiger partial charge in [0, 0.05) is 16.9 Å². The average molecular weight is 295 g/mol. The van der Waals surface area contributed by atoms with Crippen LogP contribution in [0.1, 0.15) is 34.8 Å². The number of nitrogens with zero attached hydrogens (tertiary/aromatic N) is 3. The molecular formula is C17H17N3O2. The molecule has 5 nitrogen and oxygen atoms in total. The van der Waals surface area contributed by atoms with Crippen LogP contribution in [0.3, 0.4) is 0 Å². The number of aliphatic hydroxyl groups is 1. The van der Waals surface area contributed by atoms with Crippen LogP contribution in [-0.4, -0.2) is 17.0 Å². The molecule has 0 bridgehead atoms. The largest absolute Gasteiger partial charge is 0.392 e. The molecule has 0 aliphatic rings. The third kappa shape index (κ3) is 4.19. The molecule has 0 aliphatic carbocycles. The maximum Gasteiger partial charge on any atom is 0.162 e. The van der Waals surface area contributed by atoms with Crippen LogP contribution in [-0.2, 0) is 0 Å². The van der Waals surface area contributed by atoms with Crippen LogP contribution in [0.4, 0.5) is 0 Å². The van der Waals surface area contributed by atoms with E-state index >= 15 is 0 Å². The van der Waals surface area contributed by atoms with Crippen molar-refractivity contribution in [1.29, 1.82) is 0 Å². The molecule has 1 N–H and O–H groups in total. The lowest BCUT2D eigenvalue weighted by Gasteiger charge is -2.18. The molecule has 0 radical (unpaired) electrons. The summed E-state index contributed by atoms with van der Waals surface area (Å²) >= 11 is 0. The normalized spacial score (nSPS) is 13.0. The highest BCUT2D eigenvalue weighted by Gasteiger charge is 2.20. The predicted molar refractivity (Wildman–Crippen MR) is 84.3 cm³/mol. The third-order valence-electron chi connectivity index (χ3n) is 3.44. The topological polar surface area (TPSA) is 86.1 Å². The Morgan fingerprint density at radius 1 is 1.09 bits per heavy atom. The monoisotopic (exact) mass is 295 g/mol. The number of aliphatic hydroxyl groups excluding tert-OH is 1. The van der Waals surface area contributed by atoms with E-state index in [1.807, 2.05) is 24.3 Å². The summed E-state index contributed by atoms with van der Waals surface area (Å²) in [6.07, 6.45) is -0.451. The van der Waals surface area contributed by atoms with Crippen molar-refractivity contribution in [2.75, 3.05) is 0 Å². The Kier molecular flexibility index (Phi) is 5.72. The minimum Gasteiger partial charge on any atom is -0.392 e. The maximum atomic E-state index is 12.1. The molecule has 0 spiro atoms. The fraction of sp³-hybridized carbons (Fsp3) is 0.235. The van der Waals surface area contributed by atoms with Crippen LogP contribution >= 0.6 is 0 Å². The summed E-state index contributed by atoms with van der Waals surface area (Å²) in [6.45, 7) is 0. The van der Waals surface area contributed by atoms with Gasteiger partial charge in [-0.1, -0.05) is 65.8 Å². The second kappa shape index (κ2) is 7.98. The van der Waals surface area contributed by atoms with Crippen molar-refractivity contribution >= 4 is 5.78 Å². The Balaban J connectivity index is 2.02. The van der Waals surface area contributed by atoms with Gasteiger partial charge in [0.15, 0.2) is 5.78 Å². The molecule has 2 atom stereocenters. The number of hydrogen-bond donors (Lipinski definition) is 1. The molecule has 0 saturated carbocycles. The van der Waals surface area contributed by atoms with Gasteiger partial charge in [-0.3, -0.25) is 4.79 Å². The molecule has 2 rings (SSSR count). The van der Waals surface area contributed by atoms with E-state index in [1.54, 1.807) is 36.4 Å². The van der Waals surface area contributed by atoms with Crippen molar-refractivity contribution < 1.29 is 9.90 Å². The number of ketones is 1. The Hall–Kier alpha value is -2.62. The molecule has 0 heterocycles. The van der Waals surface area contributed by atoms with E-state index < -0.39 is 12.1 Å². The van der Waals surface area contributed by atoms with Gasteiger partial charge in [0.05, 0.1) is 12.1 Å². The molecule has 0 aliphatic heterocycles. The summed E-state index contributed by atoms with van der Waals surface area (Å²) in [6, 6.07) is 17.3. The maximum absolute atomic E-state index is 12.1. The van der Waals surface area contributed by atoms with Gasteiger partial charge in [0.25, 0.3) is 0 Å². The lowest BCUT2D eigenvalue weighted by molar-refractivity contribution is 0.0914. The second-order valence-corrected chi connectivity index (χ2v) is 4.96. The number of carbonyl (C=O) groups is 1. The average Bonchev–Trinajstić information content (AvgIpc) is 2.58. The standard InChI is InChI=1S/C17H17N3O2/c18-20-19-17(14-9-5-2-6-10-14)16(22)12-11-15(21)13-7-3-1-4-8-13/h1-10,16-17,22H,11-12H2/t16-,17-/m1/s1. The molecule has 22 heavy (non-hydrogen) atoms. The van der Waals surface area contributed by atoms with E-state index in [0.717, 1.165) is 5.56 Å². The highest BCUT2D eigenvalue weighted by Crippen LogP contribution is 2.24. The second-order valence-electron chi connectivity index (χ2n) is 4.96. The van der Waals surface area contributed by atoms with Crippen molar-refractivity contribution in [2.45, 2.75) is 25.0 Å². The number of hydrogen-bond acceptors (Lipinski definition) is 3. The molecule has 0 saturated heterocycles. The molecule has 0 amide bonds. The fourth-order valence-electron chi connectivity index (χ4n) is 2.28. The zero-order valence-corrected chi connectivity index (χ0v) is 12.0. The highest BCUT2D eigenvalue weighted by molar-refractivity contribution is 5.95. The van der Waals surface area contributed by atoms with Gasteiger partial charge in [-0.25, -0.2) is 0 Å². The minimum atomic E-state index is -0.897. The van der Waals surface area contributed by atoms with Gasteiger partial charge in [0.1, 0.15) is 0 Å². The Morgan fingerprint density at radius 2 is 1.68 bits per heavy atom. The molecule has 5 heteroatoms. The Labute approximate surface area is 128 Å². The van der Waals surface area contributed by atoms with E-state index in [4.69, 9.17) is 5.53 Å². The van der Waals surface area contributed by atoms with E-state index in [0.29, 0.717) is 5.56 Å². The first-order valence-electron chi connectivity index (χ1n) is 7.08. The van der Waals surface area contributed by atoms with E-state index in [1.165, 1.54) is 0 Å². The van der Waals surface area contributed by atoms with E-state index in [2.05, 4.69) is 10.0 Å². The number of Topliss-reactive ketones (excluding diaryl/α,β-unsaturated/α-hetero) is 1. The van der Waals surface area contributed by atoms with Gasteiger partial charge in [0.2, 0.25) is 0 Å². The van der Waals surface area contributed by atoms with E-state index in [9.17, 15) is 9.90 Å². The zero-order valence-electron chi connectivity index (χ0n) is 12.0. The molecule has 0 unspecified atom stereocenters. The SMILES string of the molecule is [N-]=[N+]=N[C@H](c1ccccc1)[C@H](O)CCC(=O)c1ccccc1. The predicted octanol–water partition coefficient (Wildman–Crippen LogP) is 4.06. The molecule has 2 aromatic rings. The first-order valence-corrected chi connectivity index (χ1v) is 7.08. The van der Waals surface area contributed by atoms with Crippen molar-refractivity contribution in [1.82, 2.24) is 0 Å². The van der Waals surface area contributed by atoms with Crippen molar-refractivity contribution in [3.63, 3.8) is 0 Å². The van der Waals surface area contributed by atoms with Crippen LogP contribution in [0.2, 0.25) is 0 Å². The molecule has 112 valence electrons. The van der Waals surface area contributed by atoms with Crippen molar-refractivity contribution in [2.24, 2.45) is 5.11 Å². The molecule has 0 fully saturated rings.